The molecule has 1 aliphatic carbocycles. The highest BCUT2D eigenvalue weighted by Crippen LogP contribution is 2.43. The number of esters is 1. The molecule has 2 fully saturated rings. The van der Waals surface area contributed by atoms with Gasteiger partial charge in [0.2, 0.25) is 0 Å². The van der Waals surface area contributed by atoms with Gasteiger partial charge < -0.3 is 20.4 Å². The van der Waals surface area contributed by atoms with Crippen molar-refractivity contribution >= 4 is 16.9 Å². The lowest BCUT2D eigenvalue weighted by Crippen LogP contribution is -2.37. The summed E-state index contributed by atoms with van der Waals surface area (Å²) < 4.78 is 8.46. The molecule has 5 heteroatoms. The molecule has 0 bridgehead atoms. The van der Waals surface area contributed by atoms with E-state index in [1.807, 2.05) is 13.8 Å². The van der Waals surface area contributed by atoms with Gasteiger partial charge in [-0.3, -0.25) is 4.79 Å². The lowest BCUT2D eigenvalue weighted by atomic mass is 9.79. The van der Waals surface area contributed by atoms with Crippen LogP contribution in [0.2, 0.25) is 0 Å². The topological polar surface area (TPSA) is 69.3 Å². The van der Waals surface area contributed by atoms with Gasteiger partial charge in [0.1, 0.15) is 12.6 Å². The van der Waals surface area contributed by atoms with E-state index in [4.69, 9.17) is 10.5 Å². The third-order valence-corrected chi connectivity index (χ3v) is 8.19. The summed E-state index contributed by atoms with van der Waals surface area (Å²) >= 11 is 0. The summed E-state index contributed by atoms with van der Waals surface area (Å²) in [6.45, 7) is 11.1. The number of rotatable bonds is 7. The number of fused-ring (bicyclic) bond motifs is 1. The zero-order valence-electron chi connectivity index (χ0n) is 21.0. The third-order valence-electron chi connectivity index (χ3n) is 8.19. The minimum absolute atomic E-state index is 0.0681. The van der Waals surface area contributed by atoms with Crippen molar-refractivity contribution in [3.05, 3.63) is 35.5 Å². The van der Waals surface area contributed by atoms with Crippen molar-refractivity contribution in [3.63, 3.8) is 0 Å². The molecule has 3 N–H and O–H groups in total. The number of piperidine rings is 1. The second kappa shape index (κ2) is 10.6. The Kier molecular flexibility index (Phi) is 7.80. The van der Waals surface area contributed by atoms with E-state index in [0.29, 0.717) is 18.6 Å². The molecule has 2 aromatic rings. The summed E-state index contributed by atoms with van der Waals surface area (Å²) in [5, 5.41) is 4.85. The van der Waals surface area contributed by atoms with E-state index in [-0.39, 0.29) is 11.9 Å². The molecule has 1 saturated heterocycles. The first-order chi connectivity index (χ1) is 15.9. The summed E-state index contributed by atoms with van der Waals surface area (Å²) in [5.74, 6) is 1.84. The van der Waals surface area contributed by atoms with Crippen LogP contribution in [0.1, 0.15) is 89.4 Å². The number of carbonyl (C=O) groups excluding carboxylic acids is 1. The molecule has 0 amide bonds. The fourth-order valence-electron chi connectivity index (χ4n) is 6.01. The Morgan fingerprint density at radius 1 is 1.06 bits per heavy atom. The van der Waals surface area contributed by atoms with Crippen LogP contribution >= 0.6 is 0 Å². The zero-order valence-corrected chi connectivity index (χ0v) is 21.0. The summed E-state index contributed by atoms with van der Waals surface area (Å²) in [7, 11) is 0. The predicted octanol–water partition coefficient (Wildman–Crippen LogP) is 5.52. The number of nitrogens with one attached hydrogen (secondary N) is 1. The van der Waals surface area contributed by atoms with Crippen molar-refractivity contribution in [3.8, 4) is 0 Å². The number of aromatic nitrogens is 1. The minimum atomic E-state index is -0.577. The normalized spacial score (nSPS) is 23.4. The highest BCUT2D eigenvalue weighted by Gasteiger charge is 2.32. The maximum Gasteiger partial charge on any atom is 0.323 e. The number of carbonyl (C=O) groups is 1. The number of para-hydroxylation sites is 1. The Morgan fingerprint density at radius 3 is 2.36 bits per heavy atom. The molecular weight excluding hydrogens is 410 g/mol. The summed E-state index contributed by atoms with van der Waals surface area (Å²) in [4.78, 5) is 12.7. The van der Waals surface area contributed by atoms with Crippen molar-refractivity contribution in [1.29, 1.82) is 0 Å². The molecule has 0 spiro atoms. The van der Waals surface area contributed by atoms with E-state index >= 15 is 0 Å². The largest absolute Gasteiger partial charge is 0.458 e. The maximum absolute atomic E-state index is 12.7. The van der Waals surface area contributed by atoms with E-state index < -0.39 is 6.04 Å². The fourth-order valence-corrected chi connectivity index (χ4v) is 6.01. The van der Waals surface area contributed by atoms with E-state index in [1.54, 1.807) is 0 Å². The zero-order chi connectivity index (χ0) is 23.5. The van der Waals surface area contributed by atoms with E-state index in [0.717, 1.165) is 37.8 Å². The van der Waals surface area contributed by atoms with Crippen LogP contribution in [0.4, 0.5) is 0 Å². The van der Waals surface area contributed by atoms with Gasteiger partial charge >= 0.3 is 5.97 Å². The van der Waals surface area contributed by atoms with Crippen LogP contribution in [0.15, 0.2) is 24.3 Å². The number of hydrogen-bond acceptors (Lipinski definition) is 4. The number of nitrogens with zero attached hydrogens (tertiary/aromatic N) is 1. The molecule has 4 rings (SSSR count). The number of benzene rings is 1. The van der Waals surface area contributed by atoms with Gasteiger partial charge in [-0.2, -0.15) is 0 Å². The molecule has 2 aliphatic rings. The molecule has 1 atom stereocenters. The minimum Gasteiger partial charge on any atom is -0.458 e. The lowest BCUT2D eigenvalue weighted by Gasteiger charge is -2.33. The maximum atomic E-state index is 12.7. The summed E-state index contributed by atoms with van der Waals surface area (Å²) in [6, 6.07) is 8.72. The first-order valence-electron chi connectivity index (χ1n) is 13.1. The van der Waals surface area contributed by atoms with Crippen LogP contribution in [0.25, 0.3) is 10.9 Å². The average Bonchev–Trinajstić information content (AvgIpc) is 3.16. The van der Waals surface area contributed by atoms with Crippen molar-refractivity contribution in [1.82, 2.24) is 9.88 Å². The van der Waals surface area contributed by atoms with Crippen LogP contribution < -0.4 is 11.1 Å². The van der Waals surface area contributed by atoms with E-state index in [9.17, 15) is 4.79 Å². The van der Waals surface area contributed by atoms with Crippen LogP contribution in [-0.4, -0.2) is 29.7 Å². The van der Waals surface area contributed by atoms with Crippen LogP contribution in [0, 0.1) is 17.8 Å². The molecule has 1 aliphatic heterocycles. The van der Waals surface area contributed by atoms with Crippen molar-refractivity contribution in [2.45, 2.75) is 90.8 Å². The molecule has 1 aromatic carbocycles. The Bertz CT molecular complexity index is 934. The third kappa shape index (κ3) is 5.14. The van der Waals surface area contributed by atoms with Gasteiger partial charge in [0.15, 0.2) is 0 Å². The monoisotopic (exact) mass is 453 g/mol. The van der Waals surface area contributed by atoms with E-state index in [1.165, 1.54) is 47.8 Å². The smallest absolute Gasteiger partial charge is 0.323 e. The Morgan fingerprint density at radius 2 is 1.73 bits per heavy atom. The summed E-state index contributed by atoms with van der Waals surface area (Å²) in [6.07, 6.45) is 7.18. The van der Waals surface area contributed by atoms with Crippen molar-refractivity contribution in [2.75, 3.05) is 13.1 Å². The number of ether oxygens (including phenoxy) is 1. The average molecular weight is 454 g/mol. The van der Waals surface area contributed by atoms with Gasteiger partial charge in [0, 0.05) is 16.9 Å². The molecular formula is C28H43N3O2. The van der Waals surface area contributed by atoms with E-state index in [2.05, 4.69) is 48.0 Å². The van der Waals surface area contributed by atoms with Crippen molar-refractivity contribution in [2.24, 2.45) is 23.5 Å². The molecule has 2 heterocycles. The quantitative estimate of drug-likeness (QED) is 0.542. The van der Waals surface area contributed by atoms with Crippen molar-refractivity contribution < 1.29 is 9.53 Å². The standard InChI is InChI=1S/C28H43N3O2/c1-18(2)20-9-11-22(12-10-20)31-24-8-6-5-7-23(24)26(21-13-15-30-16-14-21)25(31)17-33-28(32)27(29)19(3)4/h5-8,18-22,27,30H,9-17,29H2,1-4H3/t20-,22+,27?. The van der Waals surface area contributed by atoms with Gasteiger partial charge in [-0.15, -0.1) is 0 Å². The second-order valence-corrected chi connectivity index (χ2v) is 11.0. The second-order valence-electron chi connectivity index (χ2n) is 11.0. The van der Waals surface area contributed by atoms with Crippen LogP contribution in [0.5, 0.6) is 0 Å². The van der Waals surface area contributed by atoms with Crippen LogP contribution in [0.3, 0.4) is 0 Å². The number of nitrogens with two attached hydrogens (primary N) is 1. The highest BCUT2D eigenvalue weighted by atomic mass is 16.5. The molecule has 1 saturated carbocycles. The van der Waals surface area contributed by atoms with Crippen LogP contribution in [-0.2, 0) is 16.1 Å². The summed E-state index contributed by atoms with van der Waals surface area (Å²) in [5.41, 5.74) is 10.0. The highest BCUT2D eigenvalue weighted by molar-refractivity contribution is 5.86. The first-order valence-corrected chi connectivity index (χ1v) is 13.1. The molecule has 33 heavy (non-hydrogen) atoms. The Balaban J connectivity index is 1.73. The van der Waals surface area contributed by atoms with Gasteiger partial charge in [0.25, 0.3) is 0 Å². The fraction of sp³-hybridized carbons (Fsp3) is 0.679. The molecule has 182 valence electrons. The molecule has 1 unspecified atom stereocenters. The van der Waals surface area contributed by atoms with Gasteiger partial charge in [-0.05, 0) is 86.9 Å². The predicted molar refractivity (Wildman–Crippen MR) is 135 cm³/mol. The first kappa shape index (κ1) is 24.3. The Labute approximate surface area is 199 Å². The van der Waals surface area contributed by atoms with Gasteiger partial charge in [-0.1, -0.05) is 45.9 Å². The SMILES string of the molecule is CC(C)C(N)C(=O)OCc1c(C2CCNCC2)c2ccccc2n1[C@H]1CC[C@@H](C(C)C)CC1. The molecule has 5 nitrogen and oxygen atoms in total. The lowest BCUT2D eigenvalue weighted by molar-refractivity contribution is -0.147. The van der Waals surface area contributed by atoms with Gasteiger partial charge in [-0.25, -0.2) is 0 Å². The van der Waals surface area contributed by atoms with Gasteiger partial charge in [0.05, 0.1) is 5.69 Å². The molecule has 0 radical (unpaired) electrons. The molecule has 1 aromatic heterocycles. The Hall–Kier alpha value is -1.85. The number of hydrogen-bond donors (Lipinski definition) is 2.